The second-order valence-corrected chi connectivity index (χ2v) is 4.75. The number of rotatable bonds is 1. The molecule has 0 saturated heterocycles. The van der Waals surface area contributed by atoms with Gasteiger partial charge in [-0.15, -0.1) is 11.3 Å². The van der Waals surface area contributed by atoms with Crippen LogP contribution in [0.15, 0.2) is 0 Å². The Balaban J connectivity index is 2.41. The first-order chi connectivity index (χ1) is 6.33. The first-order valence-corrected chi connectivity index (χ1v) is 5.73. The van der Waals surface area contributed by atoms with Crippen LogP contribution in [-0.2, 0) is 19.4 Å². The minimum Gasteiger partial charge on any atom is -0.390 e. The van der Waals surface area contributed by atoms with E-state index in [9.17, 15) is 0 Å². The van der Waals surface area contributed by atoms with E-state index in [2.05, 4.69) is 0 Å². The first kappa shape index (κ1) is 9.03. The van der Waals surface area contributed by atoms with Gasteiger partial charge < -0.3 is 11.5 Å². The molecule has 0 radical (unpaired) electrons. The van der Waals surface area contributed by atoms with Gasteiger partial charge in [0.15, 0.2) is 0 Å². The van der Waals surface area contributed by atoms with Gasteiger partial charge in [-0.05, 0) is 31.2 Å². The molecule has 0 atom stereocenters. The fourth-order valence-electron chi connectivity index (χ4n) is 2.05. The molecule has 1 aromatic heterocycles. The zero-order valence-corrected chi connectivity index (χ0v) is 8.62. The molecule has 0 fully saturated rings. The summed E-state index contributed by atoms with van der Waals surface area (Å²) in [7, 11) is 0. The highest BCUT2D eigenvalue weighted by atomic mass is 32.1. The fourth-order valence-corrected chi connectivity index (χ4v) is 3.24. The summed E-state index contributed by atoms with van der Waals surface area (Å²) in [4.78, 5) is 1.50. The van der Waals surface area contributed by atoms with Crippen LogP contribution in [0.2, 0.25) is 0 Å². The van der Waals surface area contributed by atoms with Crippen molar-refractivity contribution in [3.63, 3.8) is 0 Å². The van der Waals surface area contributed by atoms with E-state index >= 15 is 0 Å². The summed E-state index contributed by atoms with van der Waals surface area (Å²) in [6.45, 7) is 0.609. The third-order valence-corrected chi connectivity index (χ3v) is 3.93. The van der Waals surface area contributed by atoms with Crippen molar-refractivity contribution in [2.45, 2.75) is 38.6 Å². The molecule has 13 heavy (non-hydrogen) atoms. The van der Waals surface area contributed by atoms with Crippen LogP contribution in [0.5, 0.6) is 0 Å². The molecule has 0 saturated carbocycles. The fraction of sp³-hybridized carbons (Fsp3) is 0.600. The number of anilines is 1. The molecule has 1 heterocycles. The van der Waals surface area contributed by atoms with E-state index in [0.29, 0.717) is 6.54 Å². The Bertz CT molecular complexity index is 304. The predicted molar refractivity (Wildman–Crippen MR) is 57.9 cm³/mol. The maximum absolute atomic E-state index is 5.92. The summed E-state index contributed by atoms with van der Waals surface area (Å²) >= 11 is 1.75. The molecule has 3 heteroatoms. The van der Waals surface area contributed by atoms with Crippen molar-refractivity contribution in [3.05, 3.63) is 16.0 Å². The second-order valence-electron chi connectivity index (χ2n) is 3.61. The summed E-state index contributed by atoms with van der Waals surface area (Å²) in [5, 5.41) is 0.953. The Morgan fingerprint density at radius 3 is 2.69 bits per heavy atom. The van der Waals surface area contributed by atoms with E-state index in [1.54, 1.807) is 11.3 Å². The maximum atomic E-state index is 5.92. The third-order valence-electron chi connectivity index (χ3n) is 2.77. The zero-order chi connectivity index (χ0) is 9.26. The van der Waals surface area contributed by atoms with Crippen LogP contribution < -0.4 is 11.5 Å². The van der Waals surface area contributed by atoms with Crippen LogP contribution in [0.4, 0.5) is 5.00 Å². The van der Waals surface area contributed by atoms with E-state index in [1.807, 2.05) is 0 Å². The van der Waals surface area contributed by atoms with Gasteiger partial charge in [-0.2, -0.15) is 0 Å². The number of nitrogens with two attached hydrogens (primary N) is 2. The summed E-state index contributed by atoms with van der Waals surface area (Å²) in [5.41, 5.74) is 14.3. The van der Waals surface area contributed by atoms with Crippen LogP contribution in [0.3, 0.4) is 0 Å². The summed E-state index contributed by atoms with van der Waals surface area (Å²) < 4.78 is 0. The van der Waals surface area contributed by atoms with Gasteiger partial charge in [0, 0.05) is 17.0 Å². The molecular formula is C10H16N2S. The minimum atomic E-state index is 0.609. The van der Waals surface area contributed by atoms with Gasteiger partial charge in [0.05, 0.1) is 5.00 Å². The zero-order valence-electron chi connectivity index (χ0n) is 7.81. The summed E-state index contributed by atoms with van der Waals surface area (Å²) in [6.07, 6.45) is 6.37. The molecule has 72 valence electrons. The first-order valence-electron chi connectivity index (χ1n) is 4.92. The molecule has 0 aromatic carbocycles. The lowest BCUT2D eigenvalue weighted by Crippen LogP contribution is -2.02. The second kappa shape index (κ2) is 3.68. The lowest BCUT2D eigenvalue weighted by molar-refractivity contribution is 0.711. The molecule has 1 aliphatic rings. The summed E-state index contributed by atoms with van der Waals surface area (Å²) in [5.74, 6) is 0. The standard InChI is InChI=1S/C10H16N2S/c11-6-8-7-4-2-1-3-5-9(7)13-10(8)12/h1-6,11-12H2. The van der Waals surface area contributed by atoms with Crippen molar-refractivity contribution >= 4 is 16.3 Å². The number of thiophene rings is 1. The van der Waals surface area contributed by atoms with Crippen LogP contribution in [-0.4, -0.2) is 0 Å². The number of fused-ring (bicyclic) bond motifs is 1. The molecule has 0 unspecified atom stereocenters. The molecule has 0 spiro atoms. The largest absolute Gasteiger partial charge is 0.390 e. The van der Waals surface area contributed by atoms with Crippen LogP contribution in [0.1, 0.15) is 35.3 Å². The normalized spacial score (nSPS) is 16.7. The van der Waals surface area contributed by atoms with E-state index in [4.69, 9.17) is 11.5 Å². The smallest absolute Gasteiger partial charge is 0.0907 e. The van der Waals surface area contributed by atoms with E-state index in [0.717, 1.165) is 5.00 Å². The maximum Gasteiger partial charge on any atom is 0.0907 e. The Morgan fingerprint density at radius 1 is 1.15 bits per heavy atom. The van der Waals surface area contributed by atoms with Crippen LogP contribution in [0.25, 0.3) is 0 Å². The molecule has 0 bridgehead atoms. The highest BCUT2D eigenvalue weighted by molar-refractivity contribution is 7.16. The van der Waals surface area contributed by atoms with Gasteiger partial charge in [0.1, 0.15) is 0 Å². The van der Waals surface area contributed by atoms with Crippen molar-refractivity contribution in [2.24, 2.45) is 5.73 Å². The molecule has 0 amide bonds. The van der Waals surface area contributed by atoms with Crippen LogP contribution in [0, 0.1) is 0 Å². The van der Waals surface area contributed by atoms with Crippen LogP contribution >= 0.6 is 11.3 Å². The molecule has 4 N–H and O–H groups in total. The predicted octanol–water partition coefficient (Wildman–Crippen LogP) is 2.06. The summed E-state index contributed by atoms with van der Waals surface area (Å²) in [6, 6.07) is 0. The highest BCUT2D eigenvalue weighted by Crippen LogP contribution is 2.34. The van der Waals surface area contributed by atoms with Gasteiger partial charge in [0.2, 0.25) is 0 Å². The SMILES string of the molecule is NCc1c(N)sc2c1CCCCC2. The van der Waals surface area contributed by atoms with Crippen molar-refractivity contribution in [1.29, 1.82) is 0 Å². The Labute approximate surface area is 82.9 Å². The third kappa shape index (κ3) is 1.58. The van der Waals surface area contributed by atoms with E-state index in [1.165, 1.54) is 48.1 Å². The van der Waals surface area contributed by atoms with Gasteiger partial charge in [-0.3, -0.25) is 0 Å². The molecule has 0 aliphatic heterocycles. The minimum absolute atomic E-state index is 0.609. The van der Waals surface area contributed by atoms with Crippen molar-refractivity contribution in [3.8, 4) is 0 Å². The molecule has 1 aromatic rings. The van der Waals surface area contributed by atoms with Crippen molar-refractivity contribution < 1.29 is 0 Å². The van der Waals surface area contributed by atoms with E-state index in [-0.39, 0.29) is 0 Å². The molecule has 2 rings (SSSR count). The average molecular weight is 196 g/mol. The van der Waals surface area contributed by atoms with E-state index < -0.39 is 0 Å². The Hall–Kier alpha value is -0.540. The molecular weight excluding hydrogens is 180 g/mol. The highest BCUT2D eigenvalue weighted by Gasteiger charge is 2.16. The van der Waals surface area contributed by atoms with Crippen molar-refractivity contribution in [1.82, 2.24) is 0 Å². The van der Waals surface area contributed by atoms with Gasteiger partial charge in [-0.1, -0.05) is 6.42 Å². The average Bonchev–Trinajstić information content (AvgIpc) is 2.32. The quantitative estimate of drug-likeness (QED) is 0.675. The Kier molecular flexibility index (Phi) is 2.56. The molecule has 1 aliphatic carbocycles. The lowest BCUT2D eigenvalue weighted by Gasteiger charge is -2.01. The number of hydrogen-bond donors (Lipinski definition) is 2. The van der Waals surface area contributed by atoms with Gasteiger partial charge in [-0.25, -0.2) is 0 Å². The number of aryl methyl sites for hydroxylation is 1. The monoisotopic (exact) mass is 196 g/mol. The van der Waals surface area contributed by atoms with Gasteiger partial charge >= 0.3 is 0 Å². The molecule has 2 nitrogen and oxygen atoms in total. The lowest BCUT2D eigenvalue weighted by atomic mass is 10.1. The van der Waals surface area contributed by atoms with Crippen molar-refractivity contribution in [2.75, 3.05) is 5.73 Å². The number of hydrogen-bond acceptors (Lipinski definition) is 3. The topological polar surface area (TPSA) is 52.0 Å². The Morgan fingerprint density at radius 2 is 1.92 bits per heavy atom. The van der Waals surface area contributed by atoms with Gasteiger partial charge in [0.25, 0.3) is 0 Å². The number of nitrogen functional groups attached to an aromatic ring is 1.